The standard InChI is InChI=1S/C17H15NS/c1-17(2)10-19-16-13-6-5-11-4-3-9-18-15(11)12(13)7-8-14(16)17/h3-9H,10H2,1-2H3. The average Bonchev–Trinajstić information content (AvgIpc) is 2.74. The Morgan fingerprint density at radius 1 is 1.05 bits per heavy atom. The Balaban J connectivity index is 2.15. The zero-order valence-electron chi connectivity index (χ0n) is 11.1. The third-order valence-electron chi connectivity index (χ3n) is 4.03. The quantitative estimate of drug-likeness (QED) is 0.543. The second-order valence-corrected chi connectivity index (χ2v) is 6.84. The predicted octanol–water partition coefficient (Wildman–Crippen LogP) is 4.77. The van der Waals surface area contributed by atoms with Gasteiger partial charge in [0.15, 0.2) is 0 Å². The van der Waals surface area contributed by atoms with Crippen LogP contribution in [0.5, 0.6) is 0 Å². The van der Waals surface area contributed by atoms with Crippen molar-refractivity contribution in [1.29, 1.82) is 0 Å². The molecule has 0 unspecified atom stereocenters. The molecule has 0 atom stereocenters. The average molecular weight is 265 g/mol. The summed E-state index contributed by atoms with van der Waals surface area (Å²) in [5, 5.41) is 3.86. The van der Waals surface area contributed by atoms with Crippen molar-refractivity contribution < 1.29 is 0 Å². The van der Waals surface area contributed by atoms with E-state index in [2.05, 4.69) is 49.2 Å². The molecule has 1 aromatic heterocycles. The summed E-state index contributed by atoms with van der Waals surface area (Å²) in [5.41, 5.74) is 2.89. The molecular formula is C17H15NS. The van der Waals surface area contributed by atoms with E-state index in [9.17, 15) is 0 Å². The summed E-state index contributed by atoms with van der Waals surface area (Å²) in [6.45, 7) is 4.66. The third-order valence-corrected chi connectivity index (χ3v) is 5.62. The van der Waals surface area contributed by atoms with Crippen molar-refractivity contribution in [2.75, 3.05) is 5.75 Å². The van der Waals surface area contributed by atoms with E-state index in [1.165, 1.54) is 32.4 Å². The zero-order chi connectivity index (χ0) is 13.0. The summed E-state index contributed by atoms with van der Waals surface area (Å²) in [6.07, 6.45) is 1.88. The molecule has 1 aliphatic rings. The fraction of sp³-hybridized carbons (Fsp3) is 0.235. The van der Waals surface area contributed by atoms with Crippen LogP contribution in [0.3, 0.4) is 0 Å². The first-order valence-corrected chi connectivity index (χ1v) is 7.59. The van der Waals surface area contributed by atoms with Crippen molar-refractivity contribution in [3.05, 3.63) is 48.2 Å². The lowest BCUT2D eigenvalue weighted by Gasteiger charge is -2.18. The van der Waals surface area contributed by atoms with Gasteiger partial charge in [-0.05, 0) is 17.0 Å². The van der Waals surface area contributed by atoms with Gasteiger partial charge >= 0.3 is 0 Å². The molecule has 0 amide bonds. The Kier molecular flexibility index (Phi) is 2.22. The molecule has 0 aliphatic carbocycles. The highest BCUT2D eigenvalue weighted by atomic mass is 32.2. The summed E-state index contributed by atoms with van der Waals surface area (Å²) in [6, 6.07) is 13.1. The van der Waals surface area contributed by atoms with Gasteiger partial charge in [0.05, 0.1) is 5.52 Å². The monoisotopic (exact) mass is 265 g/mol. The summed E-state index contributed by atoms with van der Waals surface area (Å²) >= 11 is 1.99. The van der Waals surface area contributed by atoms with E-state index in [-0.39, 0.29) is 5.41 Å². The van der Waals surface area contributed by atoms with Gasteiger partial charge in [0.25, 0.3) is 0 Å². The van der Waals surface area contributed by atoms with Crippen molar-refractivity contribution >= 4 is 33.4 Å². The van der Waals surface area contributed by atoms with Crippen LogP contribution in [0.4, 0.5) is 0 Å². The largest absolute Gasteiger partial charge is 0.256 e. The molecule has 2 heterocycles. The van der Waals surface area contributed by atoms with Gasteiger partial charge in [0.2, 0.25) is 0 Å². The van der Waals surface area contributed by atoms with E-state index in [4.69, 9.17) is 0 Å². The summed E-state index contributed by atoms with van der Waals surface area (Å²) in [4.78, 5) is 6.02. The Labute approximate surface area is 117 Å². The van der Waals surface area contributed by atoms with Crippen molar-refractivity contribution in [3.8, 4) is 0 Å². The molecule has 0 saturated heterocycles. The van der Waals surface area contributed by atoms with Crippen LogP contribution in [-0.2, 0) is 5.41 Å². The third kappa shape index (κ3) is 1.53. The van der Waals surface area contributed by atoms with Gasteiger partial charge in [-0.25, -0.2) is 0 Å². The highest BCUT2D eigenvalue weighted by Crippen LogP contribution is 2.47. The Bertz CT molecular complexity index is 805. The number of thioether (sulfide) groups is 1. The van der Waals surface area contributed by atoms with Gasteiger partial charge in [-0.1, -0.05) is 44.2 Å². The van der Waals surface area contributed by atoms with Gasteiger partial charge in [0, 0.05) is 33.0 Å². The highest BCUT2D eigenvalue weighted by Gasteiger charge is 2.31. The number of nitrogens with zero attached hydrogens (tertiary/aromatic N) is 1. The number of hydrogen-bond donors (Lipinski definition) is 0. The van der Waals surface area contributed by atoms with E-state index in [1.54, 1.807) is 0 Å². The zero-order valence-corrected chi connectivity index (χ0v) is 11.9. The fourth-order valence-corrected chi connectivity index (χ4v) is 4.43. The maximum absolute atomic E-state index is 4.56. The van der Waals surface area contributed by atoms with Gasteiger partial charge < -0.3 is 0 Å². The second kappa shape index (κ2) is 3.73. The summed E-state index contributed by atoms with van der Waals surface area (Å²) in [7, 11) is 0. The Hall–Kier alpha value is -1.54. The first-order valence-electron chi connectivity index (χ1n) is 6.60. The number of aromatic nitrogens is 1. The van der Waals surface area contributed by atoms with E-state index in [0.717, 1.165) is 5.52 Å². The van der Waals surface area contributed by atoms with E-state index in [0.29, 0.717) is 0 Å². The first-order chi connectivity index (χ1) is 9.17. The lowest BCUT2D eigenvalue weighted by Crippen LogP contribution is -2.15. The van der Waals surface area contributed by atoms with Crippen molar-refractivity contribution in [1.82, 2.24) is 4.98 Å². The van der Waals surface area contributed by atoms with E-state index >= 15 is 0 Å². The smallest absolute Gasteiger partial charge is 0.0780 e. The molecule has 94 valence electrons. The molecule has 0 saturated carbocycles. The SMILES string of the molecule is CC1(C)CSc2c1ccc1c2ccc2cccnc21. The molecule has 19 heavy (non-hydrogen) atoms. The van der Waals surface area contributed by atoms with E-state index < -0.39 is 0 Å². The fourth-order valence-electron chi connectivity index (χ4n) is 2.94. The first kappa shape index (κ1) is 11.3. The molecule has 0 bridgehead atoms. The molecule has 1 nitrogen and oxygen atoms in total. The lowest BCUT2D eigenvalue weighted by molar-refractivity contribution is 0.606. The number of rotatable bonds is 0. The topological polar surface area (TPSA) is 12.9 Å². The molecular weight excluding hydrogens is 250 g/mol. The van der Waals surface area contributed by atoms with Crippen molar-refractivity contribution in [3.63, 3.8) is 0 Å². The molecule has 0 fully saturated rings. The van der Waals surface area contributed by atoms with Crippen LogP contribution in [0, 0.1) is 0 Å². The van der Waals surface area contributed by atoms with Gasteiger partial charge in [-0.3, -0.25) is 4.98 Å². The van der Waals surface area contributed by atoms with Crippen molar-refractivity contribution in [2.45, 2.75) is 24.2 Å². The van der Waals surface area contributed by atoms with Crippen LogP contribution in [0.1, 0.15) is 19.4 Å². The van der Waals surface area contributed by atoms with Gasteiger partial charge in [-0.15, -0.1) is 11.8 Å². The number of pyridine rings is 1. The Morgan fingerprint density at radius 3 is 2.79 bits per heavy atom. The van der Waals surface area contributed by atoms with E-state index in [1.807, 2.05) is 24.0 Å². The van der Waals surface area contributed by atoms with Crippen LogP contribution in [0.25, 0.3) is 21.7 Å². The van der Waals surface area contributed by atoms with Crippen LogP contribution >= 0.6 is 11.8 Å². The van der Waals surface area contributed by atoms with Crippen LogP contribution in [-0.4, -0.2) is 10.7 Å². The molecule has 3 aromatic rings. The van der Waals surface area contributed by atoms with Crippen LogP contribution < -0.4 is 0 Å². The number of benzene rings is 2. The molecule has 4 rings (SSSR count). The molecule has 2 heteroatoms. The minimum Gasteiger partial charge on any atom is -0.256 e. The van der Waals surface area contributed by atoms with Crippen molar-refractivity contribution in [2.24, 2.45) is 0 Å². The minimum atomic E-state index is 0.285. The predicted molar refractivity (Wildman–Crippen MR) is 83.0 cm³/mol. The summed E-state index contributed by atoms with van der Waals surface area (Å²) in [5.74, 6) is 1.17. The van der Waals surface area contributed by atoms with Crippen LogP contribution in [0.15, 0.2) is 47.5 Å². The Morgan fingerprint density at radius 2 is 1.89 bits per heavy atom. The number of hydrogen-bond acceptors (Lipinski definition) is 2. The maximum Gasteiger partial charge on any atom is 0.0780 e. The van der Waals surface area contributed by atoms with Gasteiger partial charge in [-0.2, -0.15) is 0 Å². The molecule has 0 radical (unpaired) electrons. The molecule has 2 aromatic carbocycles. The molecule has 0 N–H and O–H groups in total. The second-order valence-electron chi connectivity index (χ2n) is 5.85. The van der Waals surface area contributed by atoms with Gasteiger partial charge in [0.1, 0.15) is 0 Å². The number of fused-ring (bicyclic) bond motifs is 5. The molecule has 1 aliphatic heterocycles. The normalized spacial score (nSPS) is 16.9. The highest BCUT2D eigenvalue weighted by molar-refractivity contribution is 8.00. The molecule has 0 spiro atoms. The van der Waals surface area contributed by atoms with Crippen LogP contribution in [0.2, 0.25) is 0 Å². The lowest BCUT2D eigenvalue weighted by atomic mass is 9.86. The minimum absolute atomic E-state index is 0.285. The summed E-state index contributed by atoms with van der Waals surface area (Å²) < 4.78 is 0. The maximum atomic E-state index is 4.56.